The average molecular weight is 546 g/mol. The second-order valence-corrected chi connectivity index (χ2v) is 10.8. The number of carbonyl (C=O) groups excluding carboxylic acids is 2. The lowest BCUT2D eigenvalue weighted by molar-refractivity contribution is -0.138. The highest BCUT2D eigenvalue weighted by Gasteiger charge is 2.42. The summed E-state index contributed by atoms with van der Waals surface area (Å²) in [5.41, 5.74) is 0.276. The third kappa shape index (κ3) is 14.8. The maximum absolute atomic E-state index is 13.3. The number of carbonyl (C=O) groups is 2. The molecule has 0 spiro atoms. The van der Waals surface area contributed by atoms with Crippen molar-refractivity contribution in [2.75, 3.05) is 46.2 Å². The molecule has 0 aromatic carbocycles. The van der Waals surface area contributed by atoms with Gasteiger partial charge < -0.3 is 23.8 Å². The van der Waals surface area contributed by atoms with Crippen LogP contribution in [0.2, 0.25) is 0 Å². The van der Waals surface area contributed by atoms with Crippen LogP contribution >= 0.6 is 15.4 Å². The van der Waals surface area contributed by atoms with Crippen molar-refractivity contribution in [2.45, 2.75) is 66.1 Å². The number of nitrogens with one attached hydrogen (secondary N) is 1. The first-order valence-electron chi connectivity index (χ1n) is 11.8. The number of hydrogen-bond acceptors (Lipinski definition) is 11. The van der Waals surface area contributed by atoms with E-state index in [4.69, 9.17) is 32.1 Å². The molecule has 206 valence electrons. The van der Waals surface area contributed by atoms with Gasteiger partial charge in [-0.15, -0.1) is 0 Å². The third-order valence-corrected chi connectivity index (χ3v) is 8.21. The van der Waals surface area contributed by atoms with E-state index < -0.39 is 33.3 Å². The lowest BCUT2D eigenvalue weighted by Gasteiger charge is -2.28. The Morgan fingerprint density at radius 3 is 1.91 bits per heavy atom. The Labute approximate surface area is 208 Å². The molecule has 0 saturated heterocycles. The summed E-state index contributed by atoms with van der Waals surface area (Å²) in [5.74, 6) is -1.68. The number of phosphoric acid groups is 1. The summed E-state index contributed by atoms with van der Waals surface area (Å²) in [6.07, 6.45) is 1.17. The highest BCUT2D eigenvalue weighted by atomic mass is 31.2. The largest absolute Gasteiger partial charge is 0.475 e. The van der Waals surface area contributed by atoms with E-state index >= 15 is 0 Å². The smallest absolute Gasteiger partial charge is 0.460 e. The molecule has 0 rings (SSSR count). The minimum atomic E-state index is -3.97. The van der Waals surface area contributed by atoms with E-state index in [0.717, 1.165) is 0 Å². The van der Waals surface area contributed by atoms with Gasteiger partial charge in [0.1, 0.15) is 6.61 Å². The zero-order chi connectivity index (χ0) is 26.7. The van der Waals surface area contributed by atoms with Crippen LogP contribution in [0.15, 0.2) is 12.2 Å². The van der Waals surface area contributed by atoms with Gasteiger partial charge in [-0.2, -0.15) is 0 Å². The van der Waals surface area contributed by atoms with Crippen LogP contribution in [0, 0.1) is 0 Å². The van der Waals surface area contributed by atoms with Gasteiger partial charge in [-0.1, -0.05) is 13.0 Å². The van der Waals surface area contributed by atoms with Crippen molar-refractivity contribution in [1.82, 2.24) is 5.32 Å². The Hall–Kier alpha value is -1.26. The maximum atomic E-state index is 13.3. The van der Waals surface area contributed by atoms with Crippen molar-refractivity contribution < 1.29 is 50.8 Å². The molecule has 12 nitrogen and oxygen atoms in total. The third-order valence-electron chi connectivity index (χ3n) is 4.08. The molecule has 0 aromatic rings. The molecule has 0 radical (unpaired) electrons. The summed E-state index contributed by atoms with van der Waals surface area (Å²) >= 11 is 0. The van der Waals surface area contributed by atoms with Gasteiger partial charge in [0.25, 0.3) is 0 Å². The second-order valence-electron chi connectivity index (χ2n) is 7.05. The fourth-order valence-electron chi connectivity index (χ4n) is 2.63. The molecule has 14 heteroatoms. The van der Waals surface area contributed by atoms with Gasteiger partial charge >= 0.3 is 27.5 Å². The number of ether oxygens (including phenoxy) is 2. The molecule has 1 amide bonds. The highest BCUT2D eigenvalue weighted by Crippen LogP contribution is 2.62. The quantitative estimate of drug-likeness (QED) is 0.0881. The fourth-order valence-corrected chi connectivity index (χ4v) is 6.30. The first kappa shape index (κ1) is 33.7. The van der Waals surface area contributed by atoms with E-state index in [0.29, 0.717) is 19.3 Å². The van der Waals surface area contributed by atoms with Crippen LogP contribution in [0.3, 0.4) is 0 Å². The molecule has 0 heterocycles. The van der Waals surface area contributed by atoms with Crippen molar-refractivity contribution in [1.29, 1.82) is 0 Å². The van der Waals surface area contributed by atoms with Crippen molar-refractivity contribution >= 4 is 27.5 Å². The first-order valence-corrected chi connectivity index (χ1v) is 14.8. The van der Waals surface area contributed by atoms with E-state index in [1.165, 1.54) is 6.92 Å². The molecule has 0 aliphatic heterocycles. The van der Waals surface area contributed by atoms with Crippen molar-refractivity contribution in [2.24, 2.45) is 0 Å². The number of hydrogen-bond donors (Lipinski definition) is 1. The first-order chi connectivity index (χ1) is 16.6. The molecule has 0 saturated carbocycles. The van der Waals surface area contributed by atoms with Crippen LogP contribution in [0.5, 0.6) is 0 Å². The van der Waals surface area contributed by atoms with E-state index in [-0.39, 0.29) is 58.2 Å². The molecule has 1 atom stereocenters. The maximum Gasteiger partial charge on any atom is 0.475 e. The van der Waals surface area contributed by atoms with Crippen LogP contribution in [-0.2, 0) is 46.0 Å². The van der Waals surface area contributed by atoms with Gasteiger partial charge in [0.2, 0.25) is 0 Å². The Kier molecular flexibility index (Phi) is 18.3. The number of amides is 1. The van der Waals surface area contributed by atoms with Crippen LogP contribution in [0.1, 0.15) is 60.3 Å². The van der Waals surface area contributed by atoms with Crippen molar-refractivity contribution in [3.8, 4) is 0 Å². The van der Waals surface area contributed by atoms with Gasteiger partial charge in [0.05, 0.1) is 39.6 Å². The lowest BCUT2D eigenvalue weighted by atomic mass is 10.2. The summed E-state index contributed by atoms with van der Waals surface area (Å²) in [5, 5.41) is 2.47. The number of rotatable bonds is 21. The Bertz CT molecular complexity index is 712. The number of phosphoric ester groups is 1. The Balaban J connectivity index is 4.66. The summed E-state index contributed by atoms with van der Waals surface area (Å²) in [4.78, 5) is 22.9. The zero-order valence-electron chi connectivity index (χ0n) is 21.4. The molecule has 0 bridgehead atoms. The van der Waals surface area contributed by atoms with E-state index in [1.54, 1.807) is 27.7 Å². The molecule has 1 N–H and O–H groups in total. The topological polar surface area (TPSA) is 145 Å². The minimum absolute atomic E-state index is 0.00917. The van der Waals surface area contributed by atoms with Crippen LogP contribution in [0.4, 0.5) is 4.79 Å². The highest BCUT2D eigenvalue weighted by molar-refractivity contribution is 7.55. The van der Waals surface area contributed by atoms with Crippen LogP contribution in [0.25, 0.3) is 0 Å². The monoisotopic (exact) mass is 545 g/mol. The molecule has 0 aliphatic carbocycles. The molecule has 0 fully saturated rings. The zero-order valence-corrected chi connectivity index (χ0v) is 23.2. The summed E-state index contributed by atoms with van der Waals surface area (Å²) in [6, 6.07) is 0. The summed E-state index contributed by atoms with van der Waals surface area (Å²) in [7, 11) is -7.73. The van der Waals surface area contributed by atoms with Gasteiger partial charge in [-0.3, -0.25) is 18.1 Å². The lowest BCUT2D eigenvalue weighted by Crippen LogP contribution is -2.29. The SMILES string of the molecule is C=C(C)C(=O)OCCNC(=O)OCCCCCC(OP(=O)(OCC)OCC)P(=O)(OCC)OCC. The van der Waals surface area contributed by atoms with Gasteiger partial charge in [-0.25, -0.2) is 14.2 Å². The molecule has 35 heavy (non-hydrogen) atoms. The van der Waals surface area contributed by atoms with Crippen molar-refractivity contribution in [3.05, 3.63) is 12.2 Å². The fraction of sp³-hybridized carbons (Fsp3) is 0.810. The number of unbranched alkanes of at least 4 members (excludes halogenated alkanes) is 2. The van der Waals surface area contributed by atoms with Crippen LogP contribution < -0.4 is 5.32 Å². The molecule has 0 aliphatic rings. The van der Waals surface area contributed by atoms with Crippen LogP contribution in [-0.4, -0.2) is 64.1 Å². The van der Waals surface area contributed by atoms with Crippen molar-refractivity contribution in [3.63, 3.8) is 0 Å². The molecular weight excluding hydrogens is 504 g/mol. The van der Waals surface area contributed by atoms with Gasteiger partial charge in [0.15, 0.2) is 5.85 Å². The van der Waals surface area contributed by atoms with Gasteiger partial charge in [0, 0.05) is 5.57 Å². The molecular formula is C21H41NO11P2. The molecule has 0 aromatic heterocycles. The summed E-state index contributed by atoms with van der Waals surface area (Å²) < 4.78 is 62.8. The number of esters is 1. The Morgan fingerprint density at radius 1 is 0.829 bits per heavy atom. The normalized spacial score (nSPS) is 12.7. The predicted molar refractivity (Wildman–Crippen MR) is 130 cm³/mol. The van der Waals surface area contributed by atoms with Gasteiger partial charge in [-0.05, 0) is 53.9 Å². The molecule has 1 unspecified atom stereocenters. The second kappa shape index (κ2) is 18.9. The minimum Gasteiger partial charge on any atom is -0.460 e. The average Bonchev–Trinajstić information content (AvgIpc) is 2.78. The summed E-state index contributed by atoms with van der Waals surface area (Å²) in [6.45, 7) is 12.2. The standard InChI is InChI=1S/C21H41NO11P2/c1-7-29-34(25,30-8-2)19(33-35(26,31-9-3)32-10-4)14-12-11-13-16-28-21(24)22-15-17-27-20(23)18(5)6/h19H,5,7-17H2,1-4,6H3,(H,22,24). The van der Waals surface area contributed by atoms with E-state index in [1.807, 2.05) is 0 Å². The Morgan fingerprint density at radius 2 is 1.40 bits per heavy atom. The predicted octanol–water partition coefficient (Wildman–Crippen LogP) is 5.18. The van der Waals surface area contributed by atoms with E-state index in [2.05, 4.69) is 11.9 Å². The number of alkyl carbamates (subject to hydrolysis) is 1. The van der Waals surface area contributed by atoms with E-state index in [9.17, 15) is 18.7 Å².